The zero-order chi connectivity index (χ0) is 24.3. The Balaban J connectivity index is 1.45. The van der Waals surface area contributed by atoms with Gasteiger partial charge in [0.1, 0.15) is 21.6 Å². The number of carboxylic acid groups (broad SMARTS) is 1. The Morgan fingerprint density at radius 2 is 1.82 bits per heavy atom. The van der Waals surface area contributed by atoms with E-state index in [0.717, 1.165) is 27.8 Å². The fourth-order valence-corrected chi connectivity index (χ4v) is 4.81. The average Bonchev–Trinajstić information content (AvgIpc) is 2.86. The van der Waals surface area contributed by atoms with E-state index in [1.54, 1.807) is 24.3 Å². The van der Waals surface area contributed by atoms with Gasteiger partial charge in [-0.1, -0.05) is 37.3 Å². The van der Waals surface area contributed by atoms with Crippen LogP contribution in [-0.4, -0.2) is 49.7 Å². The number of ether oxygens (including phenoxy) is 1. The van der Waals surface area contributed by atoms with E-state index in [0.29, 0.717) is 13.3 Å². The number of carbonyl (C=O) groups excluding carboxylic acids is 1. The van der Waals surface area contributed by atoms with Crippen LogP contribution in [-0.2, 0) is 21.2 Å². The number of anilines is 1. The lowest BCUT2D eigenvalue weighted by Gasteiger charge is -2.31. The summed E-state index contributed by atoms with van der Waals surface area (Å²) in [6.07, 6.45) is -0.187. The molecule has 0 radical (unpaired) electrons. The van der Waals surface area contributed by atoms with Crippen molar-refractivity contribution in [2.24, 2.45) is 0 Å². The van der Waals surface area contributed by atoms with Gasteiger partial charge in [0, 0.05) is 22.6 Å². The van der Waals surface area contributed by atoms with E-state index in [-0.39, 0.29) is 23.5 Å². The van der Waals surface area contributed by atoms with Crippen molar-refractivity contribution in [2.45, 2.75) is 25.9 Å². The number of hydrogen-bond acceptors (Lipinski definition) is 6. The lowest BCUT2D eigenvalue weighted by Crippen LogP contribution is -2.42. The molecule has 1 unspecified atom stereocenters. The molecule has 4 rings (SSSR count). The summed E-state index contributed by atoms with van der Waals surface area (Å²) < 4.78 is 29.3. The first-order chi connectivity index (χ1) is 16.3. The van der Waals surface area contributed by atoms with Gasteiger partial charge >= 0.3 is 5.97 Å². The van der Waals surface area contributed by atoms with E-state index in [1.807, 2.05) is 29.2 Å². The fraction of sp³-hybridized carbons (Fsp3) is 0.280. The molecule has 1 aliphatic rings. The summed E-state index contributed by atoms with van der Waals surface area (Å²) in [5, 5.41) is 14.1. The van der Waals surface area contributed by atoms with Gasteiger partial charge in [-0.05, 0) is 47.5 Å². The molecule has 2 N–H and O–H groups in total. The third kappa shape index (κ3) is 5.14. The predicted octanol–water partition coefficient (Wildman–Crippen LogP) is 3.20. The number of hydrogen-bond donors (Lipinski definition) is 2. The van der Waals surface area contributed by atoms with Gasteiger partial charge in [0.15, 0.2) is 6.73 Å². The number of aliphatic carboxylic acids is 1. The van der Waals surface area contributed by atoms with E-state index in [9.17, 15) is 23.1 Å². The van der Waals surface area contributed by atoms with Crippen LogP contribution in [0, 0.1) is 0 Å². The highest BCUT2D eigenvalue weighted by molar-refractivity contribution is 7.91. The molecule has 0 spiro atoms. The van der Waals surface area contributed by atoms with Gasteiger partial charge in [-0.15, -0.1) is 0 Å². The number of fused-ring (bicyclic) bond motifs is 3. The highest BCUT2D eigenvalue weighted by Gasteiger charge is 2.24. The van der Waals surface area contributed by atoms with Crippen LogP contribution >= 0.6 is 0 Å². The molecule has 3 aromatic rings. The molecule has 3 aromatic carbocycles. The smallest absolute Gasteiger partial charge is 0.326 e. The maximum atomic E-state index is 12.6. The average molecular weight is 483 g/mol. The topological polar surface area (TPSA) is 113 Å². The number of amides is 1. The Morgan fingerprint density at radius 1 is 1.09 bits per heavy atom. The molecule has 0 aromatic heterocycles. The van der Waals surface area contributed by atoms with Crippen LogP contribution in [0.3, 0.4) is 0 Å². The van der Waals surface area contributed by atoms with Crippen molar-refractivity contribution in [1.29, 1.82) is 0 Å². The van der Waals surface area contributed by atoms with Crippen molar-refractivity contribution in [3.63, 3.8) is 0 Å². The van der Waals surface area contributed by atoms with E-state index in [4.69, 9.17) is 4.74 Å². The number of sulfone groups is 1. The molecule has 1 heterocycles. The number of carboxylic acids is 1. The van der Waals surface area contributed by atoms with Crippen molar-refractivity contribution in [3.8, 4) is 5.75 Å². The summed E-state index contributed by atoms with van der Waals surface area (Å²) in [4.78, 5) is 26.1. The third-order valence-electron chi connectivity index (χ3n) is 5.98. The van der Waals surface area contributed by atoms with Crippen LogP contribution in [0.2, 0.25) is 0 Å². The molecular weight excluding hydrogens is 456 g/mol. The first kappa shape index (κ1) is 23.6. The lowest BCUT2D eigenvalue weighted by molar-refractivity contribution is -0.139. The molecule has 0 bridgehead atoms. The van der Waals surface area contributed by atoms with Gasteiger partial charge in [0.25, 0.3) is 5.91 Å². The Bertz CT molecular complexity index is 1320. The number of nitrogens with one attached hydrogen (secondary N) is 1. The maximum Gasteiger partial charge on any atom is 0.326 e. The minimum absolute atomic E-state index is 0.0742. The van der Waals surface area contributed by atoms with E-state index in [1.165, 1.54) is 6.92 Å². The highest BCUT2D eigenvalue weighted by atomic mass is 32.2. The summed E-state index contributed by atoms with van der Waals surface area (Å²) in [5.74, 6) is -1.36. The van der Waals surface area contributed by atoms with Crippen LogP contribution in [0.15, 0.2) is 60.7 Å². The second kappa shape index (κ2) is 9.72. The van der Waals surface area contributed by atoms with Crippen LogP contribution in [0.4, 0.5) is 5.69 Å². The monoisotopic (exact) mass is 482 g/mol. The zero-order valence-corrected chi connectivity index (χ0v) is 19.5. The molecular formula is C25H26N2O6S. The van der Waals surface area contributed by atoms with Crippen molar-refractivity contribution in [2.75, 3.05) is 23.1 Å². The minimum atomic E-state index is -3.33. The summed E-state index contributed by atoms with van der Waals surface area (Å²) >= 11 is 0. The van der Waals surface area contributed by atoms with Gasteiger partial charge in [0.2, 0.25) is 0 Å². The third-order valence-corrected chi connectivity index (χ3v) is 7.72. The molecule has 1 amide bonds. The van der Waals surface area contributed by atoms with Crippen LogP contribution in [0.25, 0.3) is 10.8 Å². The Morgan fingerprint density at radius 3 is 2.53 bits per heavy atom. The summed E-state index contributed by atoms with van der Waals surface area (Å²) in [7, 11) is -3.33. The van der Waals surface area contributed by atoms with E-state index in [2.05, 4.69) is 17.4 Å². The van der Waals surface area contributed by atoms with Gasteiger partial charge in [-0.2, -0.15) is 0 Å². The van der Waals surface area contributed by atoms with E-state index >= 15 is 0 Å². The first-order valence-electron chi connectivity index (χ1n) is 11.0. The van der Waals surface area contributed by atoms with Gasteiger partial charge < -0.3 is 20.1 Å². The SMILES string of the molecule is CCS(=O)(=O)CCC(NC(=O)c1ccc(N2COc3ccc4ccccc4c3C2)cc1)C(=O)O. The van der Waals surface area contributed by atoms with Crippen molar-refractivity contribution in [3.05, 3.63) is 71.8 Å². The van der Waals surface area contributed by atoms with E-state index < -0.39 is 27.8 Å². The standard InChI is InChI=1S/C25H26N2O6S/c1-2-34(31,32)14-13-22(25(29)30)26-24(28)18-7-10-19(11-8-18)27-15-21-20-6-4-3-5-17(20)9-12-23(21)33-16-27/h3-12,22H,2,13-16H2,1H3,(H,26,28)(H,29,30). The van der Waals surface area contributed by atoms with Gasteiger partial charge in [-0.3, -0.25) is 4.79 Å². The Labute approximate surface area is 198 Å². The number of rotatable bonds is 8. The summed E-state index contributed by atoms with van der Waals surface area (Å²) in [5.41, 5.74) is 2.24. The number of benzene rings is 3. The molecule has 0 saturated carbocycles. The molecule has 1 atom stereocenters. The van der Waals surface area contributed by atoms with Crippen molar-refractivity contribution in [1.82, 2.24) is 5.32 Å². The van der Waals surface area contributed by atoms with Crippen LogP contribution < -0.4 is 15.0 Å². The number of carbonyl (C=O) groups is 2. The molecule has 0 saturated heterocycles. The molecule has 34 heavy (non-hydrogen) atoms. The zero-order valence-electron chi connectivity index (χ0n) is 18.7. The molecule has 1 aliphatic heterocycles. The second-order valence-electron chi connectivity index (χ2n) is 8.17. The maximum absolute atomic E-state index is 12.6. The lowest BCUT2D eigenvalue weighted by atomic mass is 10.0. The Hall–Kier alpha value is -3.59. The highest BCUT2D eigenvalue weighted by Crippen LogP contribution is 2.34. The molecule has 0 aliphatic carbocycles. The molecule has 178 valence electrons. The quantitative estimate of drug-likeness (QED) is 0.507. The minimum Gasteiger partial charge on any atom is -0.480 e. The summed E-state index contributed by atoms with van der Waals surface area (Å²) in [6.45, 7) is 2.51. The molecule has 8 nitrogen and oxygen atoms in total. The first-order valence-corrected chi connectivity index (χ1v) is 12.8. The summed E-state index contributed by atoms with van der Waals surface area (Å²) in [6, 6.07) is 17.7. The normalized spacial score (nSPS) is 14.2. The van der Waals surface area contributed by atoms with Gasteiger partial charge in [-0.25, -0.2) is 13.2 Å². The van der Waals surface area contributed by atoms with Gasteiger partial charge in [0.05, 0.1) is 12.3 Å². The number of nitrogens with zero attached hydrogens (tertiary/aromatic N) is 1. The largest absolute Gasteiger partial charge is 0.480 e. The van der Waals surface area contributed by atoms with Crippen LogP contribution in [0.1, 0.15) is 29.3 Å². The molecule has 0 fully saturated rings. The fourth-order valence-electron chi connectivity index (χ4n) is 3.93. The second-order valence-corrected chi connectivity index (χ2v) is 10.6. The Kier molecular flexibility index (Phi) is 6.74. The predicted molar refractivity (Wildman–Crippen MR) is 130 cm³/mol. The van der Waals surface area contributed by atoms with Crippen LogP contribution in [0.5, 0.6) is 5.75 Å². The van der Waals surface area contributed by atoms with Crippen molar-refractivity contribution < 1.29 is 27.9 Å². The molecule has 9 heteroatoms. The van der Waals surface area contributed by atoms with Crippen molar-refractivity contribution >= 4 is 38.2 Å².